The molecular formula is C66H107O11P. The zero-order valence-corrected chi connectivity index (χ0v) is 49.7. The Morgan fingerprint density at radius 1 is 0.372 bits per heavy atom. The Bertz CT molecular complexity index is 1820. The normalized spacial score (nSPS) is 14.3. The molecule has 11 nitrogen and oxygen atoms in total. The summed E-state index contributed by atoms with van der Waals surface area (Å²) in [5.74, 6) is -1.62. The van der Waals surface area contributed by atoms with Crippen LogP contribution in [0, 0.1) is 0 Å². The fourth-order valence-electron chi connectivity index (χ4n) is 7.54. The molecule has 0 spiro atoms. The maximum Gasteiger partial charge on any atom is 0.472 e. The predicted molar refractivity (Wildman–Crippen MR) is 325 cm³/mol. The van der Waals surface area contributed by atoms with E-state index in [9.17, 15) is 28.9 Å². The van der Waals surface area contributed by atoms with Crippen molar-refractivity contribution in [1.29, 1.82) is 0 Å². The van der Waals surface area contributed by atoms with Crippen LogP contribution in [0.5, 0.6) is 0 Å². The van der Waals surface area contributed by atoms with Gasteiger partial charge in [-0.3, -0.25) is 23.4 Å². The first-order valence-corrected chi connectivity index (χ1v) is 31.6. The van der Waals surface area contributed by atoms with Crippen molar-refractivity contribution < 1.29 is 52.2 Å². The topological polar surface area (TPSA) is 155 Å². The van der Waals surface area contributed by atoms with E-state index in [0.717, 1.165) is 128 Å². The molecule has 0 radical (unpaired) electrons. The van der Waals surface area contributed by atoms with Crippen LogP contribution in [0.3, 0.4) is 0 Å². The Balaban J connectivity index is 4.89. The lowest BCUT2D eigenvalue weighted by molar-refractivity contribution is -0.161. The van der Waals surface area contributed by atoms with Gasteiger partial charge >= 0.3 is 25.7 Å². The molecule has 0 saturated carbocycles. The Hall–Kier alpha value is -4.38. The third-order valence-corrected chi connectivity index (χ3v) is 13.0. The van der Waals surface area contributed by atoms with Gasteiger partial charge in [0.1, 0.15) is 12.7 Å². The molecule has 0 aromatic rings. The first kappa shape index (κ1) is 73.6. The molecule has 0 saturated heterocycles. The minimum absolute atomic E-state index is 0.0880. The van der Waals surface area contributed by atoms with Crippen LogP contribution in [0.15, 0.2) is 134 Å². The van der Waals surface area contributed by atoms with Crippen molar-refractivity contribution in [3.05, 3.63) is 134 Å². The van der Waals surface area contributed by atoms with Crippen LogP contribution in [-0.4, -0.2) is 66.5 Å². The van der Waals surface area contributed by atoms with Crippen molar-refractivity contribution in [2.75, 3.05) is 26.4 Å². The fourth-order valence-corrected chi connectivity index (χ4v) is 8.33. The minimum atomic E-state index is -4.78. The second-order valence-electron chi connectivity index (χ2n) is 19.4. The van der Waals surface area contributed by atoms with Gasteiger partial charge in [-0.05, 0) is 122 Å². The maximum absolute atomic E-state index is 12.9. The van der Waals surface area contributed by atoms with Crippen molar-refractivity contribution in [2.45, 2.75) is 238 Å². The van der Waals surface area contributed by atoms with E-state index in [-0.39, 0.29) is 19.3 Å². The van der Waals surface area contributed by atoms with Crippen LogP contribution < -0.4 is 0 Å². The fraction of sp³-hybridized carbons (Fsp3) is 0.621. The molecule has 0 amide bonds. The van der Waals surface area contributed by atoms with Gasteiger partial charge in [0.15, 0.2) is 6.10 Å². The number of phosphoric ester groups is 1. The molecule has 442 valence electrons. The van der Waals surface area contributed by atoms with Gasteiger partial charge < -0.3 is 24.2 Å². The van der Waals surface area contributed by atoms with Gasteiger partial charge in [0.05, 0.1) is 19.8 Å². The molecule has 0 aliphatic heterocycles. The van der Waals surface area contributed by atoms with Crippen molar-refractivity contribution in [2.24, 2.45) is 0 Å². The summed E-state index contributed by atoms with van der Waals surface area (Å²) in [5, 5.41) is 9.83. The number of hydrogen-bond acceptors (Lipinski definition) is 10. The molecule has 3 unspecified atom stereocenters. The highest BCUT2D eigenvalue weighted by atomic mass is 31.2. The summed E-state index contributed by atoms with van der Waals surface area (Å²) in [7, 11) is -4.78. The zero-order valence-electron chi connectivity index (χ0n) is 48.8. The largest absolute Gasteiger partial charge is 0.472 e. The second-order valence-corrected chi connectivity index (χ2v) is 20.8. The van der Waals surface area contributed by atoms with Gasteiger partial charge in [-0.15, -0.1) is 0 Å². The van der Waals surface area contributed by atoms with Gasteiger partial charge in [0.2, 0.25) is 0 Å². The number of hydrogen-bond donors (Lipinski definition) is 2. The van der Waals surface area contributed by atoms with E-state index < -0.39 is 64.4 Å². The molecule has 0 aromatic heterocycles. The average molecular weight is 1110 g/mol. The number of aliphatic hydroxyl groups is 1. The number of esters is 3. The summed E-state index contributed by atoms with van der Waals surface area (Å²) in [6, 6.07) is 0. The number of aliphatic hydroxyl groups excluding tert-OH is 1. The van der Waals surface area contributed by atoms with Gasteiger partial charge in [0.25, 0.3) is 0 Å². The average Bonchev–Trinajstić information content (AvgIpc) is 3.43. The third-order valence-electron chi connectivity index (χ3n) is 12.1. The molecule has 12 heteroatoms. The summed E-state index contributed by atoms with van der Waals surface area (Å²) in [4.78, 5) is 48.6. The Morgan fingerprint density at radius 2 is 0.692 bits per heavy atom. The van der Waals surface area contributed by atoms with Crippen LogP contribution in [-0.2, 0) is 42.2 Å². The van der Waals surface area contributed by atoms with E-state index in [1.807, 2.05) is 12.2 Å². The number of rotatable bonds is 54. The first-order chi connectivity index (χ1) is 38.2. The SMILES string of the molecule is CC/C=C\C/C=C\C/C=C\C/C=C\C/C=C\C/C=C\CCC(=O)OCC(COP(=O)(O)OCC(CO)OC(=O)CCCCCCC/C=C\CCCCCCCC)OC(=O)CCCCCC/C=C\C/C=C\C/C=C\C/C=C\CC. The second kappa shape index (κ2) is 58.8. The zero-order chi connectivity index (χ0) is 56.9. The molecule has 2 N–H and O–H groups in total. The van der Waals surface area contributed by atoms with E-state index in [1.54, 1.807) is 0 Å². The summed E-state index contributed by atoms with van der Waals surface area (Å²) in [6.07, 6.45) is 74.2. The molecule has 0 aliphatic carbocycles. The van der Waals surface area contributed by atoms with Crippen molar-refractivity contribution >= 4 is 25.7 Å². The highest BCUT2D eigenvalue weighted by molar-refractivity contribution is 7.47. The lowest BCUT2D eigenvalue weighted by Crippen LogP contribution is -2.30. The molecule has 0 heterocycles. The van der Waals surface area contributed by atoms with Crippen LogP contribution >= 0.6 is 7.82 Å². The molecule has 0 aromatic carbocycles. The Morgan fingerprint density at radius 3 is 1.09 bits per heavy atom. The lowest BCUT2D eigenvalue weighted by atomic mass is 10.1. The third kappa shape index (κ3) is 56.3. The van der Waals surface area contributed by atoms with Gasteiger partial charge in [0, 0.05) is 19.3 Å². The molecule has 78 heavy (non-hydrogen) atoms. The van der Waals surface area contributed by atoms with Gasteiger partial charge in [-0.1, -0.05) is 219 Å². The Labute approximate surface area is 474 Å². The van der Waals surface area contributed by atoms with Crippen LogP contribution in [0.1, 0.15) is 226 Å². The highest BCUT2D eigenvalue weighted by Crippen LogP contribution is 2.43. The van der Waals surface area contributed by atoms with Crippen molar-refractivity contribution in [3.63, 3.8) is 0 Å². The van der Waals surface area contributed by atoms with E-state index in [0.29, 0.717) is 19.3 Å². The number of phosphoric acid groups is 1. The molecule has 0 bridgehead atoms. The first-order valence-electron chi connectivity index (χ1n) is 30.1. The van der Waals surface area contributed by atoms with Crippen LogP contribution in [0.25, 0.3) is 0 Å². The number of allylic oxidation sites excluding steroid dienone is 22. The highest BCUT2D eigenvalue weighted by Gasteiger charge is 2.28. The molecule has 0 fully saturated rings. The Kier molecular flexibility index (Phi) is 55.5. The number of unbranched alkanes of at least 4 members (excludes halogenated alkanes) is 15. The number of carbonyl (C=O) groups excluding carboxylic acids is 3. The standard InChI is InChI=1S/C66H107O11P/c1-4-7-10-13-16-19-22-25-28-30-31-33-35-37-40-43-46-49-52-55-64(68)73-59-63(77-66(70)57-54-51-48-45-42-39-36-32-29-26-23-20-17-14-11-8-5-2)61-75-78(71,72)74-60-62(58-67)76-65(69)56-53-50-47-44-41-38-34-27-24-21-18-15-12-9-6-3/h7-8,10-11,16-17,19-20,25-29,31,33-34,36-37,39-40,46,49,62-63,67H,4-6,9,12-15,18,21-24,30,32,35,38,41-45,47-48,50-61H2,1-3H3,(H,71,72)/b10-7-,11-8-,19-16-,20-17-,28-25-,29-26-,33-31-,34-27-,39-36-,40-37-,49-46-. The van der Waals surface area contributed by atoms with Gasteiger partial charge in [-0.2, -0.15) is 0 Å². The van der Waals surface area contributed by atoms with Crippen LogP contribution in [0.2, 0.25) is 0 Å². The lowest BCUT2D eigenvalue weighted by Gasteiger charge is -2.21. The van der Waals surface area contributed by atoms with E-state index >= 15 is 0 Å². The molecule has 3 atom stereocenters. The summed E-state index contributed by atoms with van der Waals surface area (Å²) >= 11 is 0. The summed E-state index contributed by atoms with van der Waals surface area (Å²) in [5.41, 5.74) is 0. The van der Waals surface area contributed by atoms with E-state index in [4.69, 9.17) is 23.3 Å². The maximum atomic E-state index is 12.9. The molecule has 0 aliphatic rings. The summed E-state index contributed by atoms with van der Waals surface area (Å²) < 4.78 is 39.5. The van der Waals surface area contributed by atoms with Gasteiger partial charge in [-0.25, -0.2) is 4.57 Å². The minimum Gasteiger partial charge on any atom is -0.462 e. The number of carbonyl (C=O) groups is 3. The molecular weight excluding hydrogens is 1000 g/mol. The van der Waals surface area contributed by atoms with Crippen LogP contribution in [0.4, 0.5) is 0 Å². The smallest absolute Gasteiger partial charge is 0.462 e. The molecule has 0 rings (SSSR count). The monoisotopic (exact) mass is 1110 g/mol. The van der Waals surface area contributed by atoms with Crippen molar-refractivity contribution in [3.8, 4) is 0 Å². The van der Waals surface area contributed by atoms with E-state index in [2.05, 4.69) is 142 Å². The van der Waals surface area contributed by atoms with Crippen molar-refractivity contribution in [1.82, 2.24) is 0 Å². The predicted octanol–water partition coefficient (Wildman–Crippen LogP) is 18.1. The quantitative estimate of drug-likeness (QED) is 0.0197. The van der Waals surface area contributed by atoms with E-state index in [1.165, 1.54) is 38.5 Å². The number of ether oxygens (including phenoxy) is 3. The summed E-state index contributed by atoms with van der Waals surface area (Å²) in [6.45, 7) is 4.28.